The third kappa shape index (κ3) is 4.80. The second-order valence-corrected chi connectivity index (χ2v) is 12.1. The fourth-order valence-corrected chi connectivity index (χ4v) is 5.66. The van der Waals surface area contributed by atoms with Crippen molar-refractivity contribution in [3.05, 3.63) is 17.5 Å². The summed E-state index contributed by atoms with van der Waals surface area (Å²) in [5.74, 6) is -3.75. The van der Waals surface area contributed by atoms with E-state index in [1.165, 1.54) is 4.90 Å². The number of carbonyl (C=O) groups is 3. The van der Waals surface area contributed by atoms with E-state index in [1.807, 2.05) is 30.8 Å². The molecule has 3 amide bonds. The van der Waals surface area contributed by atoms with Crippen LogP contribution in [0.25, 0.3) is 0 Å². The molecule has 0 bridgehead atoms. The quantitative estimate of drug-likeness (QED) is 0.595. The van der Waals surface area contributed by atoms with Crippen molar-refractivity contribution in [1.29, 1.82) is 5.26 Å². The molecule has 9 nitrogen and oxygen atoms in total. The first-order valence-corrected chi connectivity index (χ1v) is 12.4. The fourth-order valence-electron chi connectivity index (χ4n) is 5.66. The Balaban J connectivity index is 1.58. The van der Waals surface area contributed by atoms with Gasteiger partial charge in [0.25, 0.3) is 0 Å². The maximum Gasteiger partial charge on any atom is 0.471 e. The van der Waals surface area contributed by atoms with E-state index >= 15 is 0 Å². The lowest BCUT2D eigenvalue weighted by molar-refractivity contribution is -0.176. The van der Waals surface area contributed by atoms with Crippen molar-refractivity contribution < 1.29 is 27.6 Å². The third-order valence-corrected chi connectivity index (χ3v) is 8.11. The van der Waals surface area contributed by atoms with Gasteiger partial charge in [-0.2, -0.15) is 23.5 Å². The van der Waals surface area contributed by atoms with Crippen molar-refractivity contribution in [1.82, 2.24) is 25.3 Å². The van der Waals surface area contributed by atoms with Gasteiger partial charge >= 0.3 is 12.1 Å². The lowest BCUT2D eigenvalue weighted by atomic mass is 9.85. The van der Waals surface area contributed by atoms with E-state index in [9.17, 15) is 32.8 Å². The largest absolute Gasteiger partial charge is 0.471 e. The molecule has 2 heterocycles. The van der Waals surface area contributed by atoms with Gasteiger partial charge in [0.05, 0.1) is 18.3 Å². The molecular formula is C25H33F3N6O3. The van der Waals surface area contributed by atoms with Crippen molar-refractivity contribution in [3.8, 4) is 6.07 Å². The van der Waals surface area contributed by atoms with Gasteiger partial charge in [-0.1, -0.05) is 34.6 Å². The summed E-state index contributed by atoms with van der Waals surface area (Å²) in [4.78, 5) is 40.2. The maximum absolute atomic E-state index is 13.6. The van der Waals surface area contributed by atoms with E-state index in [0.29, 0.717) is 11.6 Å². The van der Waals surface area contributed by atoms with Gasteiger partial charge in [-0.15, -0.1) is 0 Å². The van der Waals surface area contributed by atoms with Gasteiger partial charge in [0.2, 0.25) is 11.8 Å². The second-order valence-electron chi connectivity index (χ2n) is 12.1. The van der Waals surface area contributed by atoms with Gasteiger partial charge in [0.1, 0.15) is 18.1 Å². The van der Waals surface area contributed by atoms with Crippen molar-refractivity contribution in [2.45, 2.75) is 84.7 Å². The van der Waals surface area contributed by atoms with Gasteiger partial charge in [-0.25, -0.2) is 0 Å². The first kappa shape index (κ1) is 26.9. The molecule has 2 saturated carbocycles. The molecule has 37 heavy (non-hydrogen) atoms. The number of nitrogens with one attached hydrogen (secondary N) is 2. The van der Waals surface area contributed by atoms with Gasteiger partial charge in [0.15, 0.2) is 0 Å². The number of likely N-dealkylation sites (tertiary alicyclic amines) is 1. The molecule has 12 heteroatoms. The third-order valence-electron chi connectivity index (χ3n) is 8.11. The summed E-state index contributed by atoms with van der Waals surface area (Å²) in [5.41, 5.74) is 0.0433. The molecule has 3 aliphatic rings. The van der Waals surface area contributed by atoms with Crippen LogP contribution in [0.1, 0.15) is 70.8 Å². The average Bonchev–Trinajstić information content (AvgIpc) is 3.59. The predicted molar refractivity (Wildman–Crippen MR) is 125 cm³/mol. The van der Waals surface area contributed by atoms with Gasteiger partial charge in [-0.05, 0) is 42.4 Å². The van der Waals surface area contributed by atoms with Crippen molar-refractivity contribution in [2.75, 3.05) is 6.54 Å². The number of hydrogen-bond acceptors (Lipinski definition) is 5. The van der Waals surface area contributed by atoms with Crippen LogP contribution in [0, 0.1) is 40.9 Å². The van der Waals surface area contributed by atoms with E-state index < -0.39 is 47.4 Å². The summed E-state index contributed by atoms with van der Waals surface area (Å²) >= 11 is 0. The van der Waals surface area contributed by atoms with Crippen LogP contribution in [0.5, 0.6) is 0 Å². The highest BCUT2D eigenvalue weighted by atomic mass is 19.4. The molecule has 2 N–H and O–H groups in total. The lowest BCUT2D eigenvalue weighted by Gasteiger charge is -2.37. The van der Waals surface area contributed by atoms with Gasteiger partial charge < -0.3 is 15.5 Å². The monoisotopic (exact) mass is 522 g/mol. The molecule has 202 valence electrons. The highest BCUT2D eigenvalue weighted by Crippen LogP contribution is 2.65. The molecular weight excluding hydrogens is 489 g/mol. The first-order valence-electron chi connectivity index (χ1n) is 12.4. The van der Waals surface area contributed by atoms with Crippen LogP contribution in [-0.2, 0) is 14.4 Å². The Morgan fingerprint density at radius 1 is 1.19 bits per heavy atom. The van der Waals surface area contributed by atoms with Crippen LogP contribution in [-0.4, -0.2) is 57.2 Å². The topological polar surface area (TPSA) is 120 Å². The Morgan fingerprint density at radius 2 is 1.81 bits per heavy atom. The number of nitriles is 1. The van der Waals surface area contributed by atoms with Crippen LogP contribution in [0.2, 0.25) is 0 Å². The molecule has 0 spiro atoms. The molecule has 3 fully saturated rings. The number of piperidine rings is 1. The minimum atomic E-state index is -5.15. The van der Waals surface area contributed by atoms with E-state index in [2.05, 4.69) is 16.5 Å². The number of amides is 3. The number of aromatic nitrogens is 2. The number of rotatable bonds is 6. The summed E-state index contributed by atoms with van der Waals surface area (Å²) < 4.78 is 40.9. The molecule has 1 aliphatic heterocycles. The van der Waals surface area contributed by atoms with Gasteiger partial charge in [0, 0.05) is 17.8 Å². The molecule has 1 aromatic rings. The lowest BCUT2D eigenvalue weighted by Crippen LogP contribution is -2.60. The molecule has 1 saturated heterocycles. The molecule has 0 radical (unpaired) electrons. The smallest absolute Gasteiger partial charge is 0.336 e. The van der Waals surface area contributed by atoms with Crippen molar-refractivity contribution >= 4 is 17.7 Å². The Hall–Kier alpha value is -3.10. The Kier molecular flexibility index (Phi) is 6.36. The summed E-state index contributed by atoms with van der Waals surface area (Å²) in [6.07, 6.45) is -1.59. The maximum atomic E-state index is 13.6. The number of fused-ring (bicyclic) bond motifs is 1. The second kappa shape index (κ2) is 8.74. The zero-order chi connectivity index (χ0) is 27.7. The number of nitrogens with zero attached hydrogens (tertiary/aromatic N) is 4. The summed E-state index contributed by atoms with van der Waals surface area (Å²) in [5, 5.41) is 18.8. The van der Waals surface area contributed by atoms with Crippen LogP contribution < -0.4 is 10.6 Å². The number of carbonyl (C=O) groups excluding carboxylic acids is 3. The zero-order valence-electron chi connectivity index (χ0n) is 21.8. The van der Waals surface area contributed by atoms with E-state index in [4.69, 9.17) is 0 Å². The van der Waals surface area contributed by atoms with Crippen LogP contribution in [0.4, 0.5) is 13.2 Å². The standard InChI is InChI=1S/C25H33F3N6O3/c1-12-14(10-30-34(12)13-7-8-13)16(9-29)31-20(35)18-17-15(24(17,5)6)11-33(18)21(36)19(23(2,3)4)32-22(37)25(26,27)28/h10,13,15-19H,7-8,11H2,1-6H3,(H,31,35)(H,32,37)/t15-,16?,17-,18-,19+/m0/s1. The number of hydrogen-bond donors (Lipinski definition) is 2. The first-order chi connectivity index (χ1) is 17.0. The fraction of sp³-hybridized carbons (Fsp3) is 0.720. The summed E-state index contributed by atoms with van der Waals surface area (Å²) in [6, 6.07) is -1.08. The van der Waals surface area contributed by atoms with Crippen molar-refractivity contribution in [3.63, 3.8) is 0 Å². The van der Waals surface area contributed by atoms with Crippen molar-refractivity contribution in [2.24, 2.45) is 22.7 Å². The van der Waals surface area contributed by atoms with E-state index in [-0.39, 0.29) is 23.8 Å². The highest BCUT2D eigenvalue weighted by Gasteiger charge is 2.70. The Bertz CT molecular complexity index is 1160. The number of alkyl halides is 3. The van der Waals surface area contributed by atoms with Crippen LogP contribution in [0.15, 0.2) is 6.20 Å². The van der Waals surface area contributed by atoms with Crippen LogP contribution in [0.3, 0.4) is 0 Å². The van der Waals surface area contributed by atoms with E-state index in [0.717, 1.165) is 18.5 Å². The SMILES string of the molecule is Cc1c(C(C#N)NC(=O)[C@@H]2[C@@H]3[C@H](CN2C(=O)[C@@H](NC(=O)C(F)(F)F)C(C)(C)C)C3(C)C)cnn1C1CC1. The highest BCUT2D eigenvalue weighted by molar-refractivity contribution is 5.95. The molecule has 4 rings (SSSR count). The molecule has 1 unspecified atom stereocenters. The summed E-state index contributed by atoms with van der Waals surface area (Å²) in [6.45, 7) is 10.6. The zero-order valence-corrected chi connectivity index (χ0v) is 21.8. The molecule has 2 aliphatic carbocycles. The molecule has 1 aromatic heterocycles. The average molecular weight is 523 g/mol. The molecule has 5 atom stereocenters. The number of halogens is 3. The predicted octanol–water partition coefficient (Wildman–Crippen LogP) is 2.78. The van der Waals surface area contributed by atoms with Crippen LogP contribution >= 0.6 is 0 Å². The molecule has 0 aromatic carbocycles. The van der Waals surface area contributed by atoms with E-state index in [1.54, 1.807) is 27.0 Å². The minimum absolute atomic E-state index is 0.0222. The summed E-state index contributed by atoms with van der Waals surface area (Å²) in [7, 11) is 0. The normalized spacial score (nSPS) is 26.1. The minimum Gasteiger partial charge on any atom is -0.336 e. The van der Waals surface area contributed by atoms with Gasteiger partial charge in [-0.3, -0.25) is 19.1 Å². The Morgan fingerprint density at radius 3 is 2.32 bits per heavy atom. The Labute approximate surface area is 213 Å².